The van der Waals surface area contributed by atoms with Gasteiger partial charge in [-0.2, -0.15) is 0 Å². The molecule has 0 bridgehead atoms. The van der Waals surface area contributed by atoms with Gasteiger partial charge in [-0.05, 0) is 43.5 Å². The third-order valence-electron chi connectivity index (χ3n) is 3.46. The Kier molecular flexibility index (Phi) is 5.48. The van der Waals surface area contributed by atoms with E-state index < -0.39 is 0 Å². The summed E-state index contributed by atoms with van der Waals surface area (Å²) in [6, 6.07) is 5.61. The lowest BCUT2D eigenvalue weighted by atomic mass is 10.1. The molecule has 0 atom stereocenters. The van der Waals surface area contributed by atoms with E-state index in [9.17, 15) is 4.79 Å². The van der Waals surface area contributed by atoms with Gasteiger partial charge in [-0.3, -0.25) is 4.79 Å². The van der Waals surface area contributed by atoms with Gasteiger partial charge in [0.15, 0.2) is 0 Å². The van der Waals surface area contributed by atoms with Crippen molar-refractivity contribution in [3.8, 4) is 0 Å². The molecule has 0 aliphatic heterocycles. The maximum absolute atomic E-state index is 12.4. The van der Waals surface area contributed by atoms with Crippen LogP contribution in [0.15, 0.2) is 24.5 Å². The lowest BCUT2D eigenvalue weighted by Gasteiger charge is -2.13. The van der Waals surface area contributed by atoms with E-state index in [1.54, 1.807) is 24.5 Å². The fraction of sp³-hybridized carbons (Fsp3) is 0.438. The minimum absolute atomic E-state index is 0.0597. The van der Waals surface area contributed by atoms with E-state index in [4.69, 9.17) is 16.3 Å². The van der Waals surface area contributed by atoms with Gasteiger partial charge in [-0.1, -0.05) is 30.5 Å². The first-order valence-electron chi connectivity index (χ1n) is 7.09. The quantitative estimate of drug-likeness (QED) is 0.833. The number of carbonyl (C=O) groups excluding carboxylic acids is 1. The van der Waals surface area contributed by atoms with E-state index in [1.165, 1.54) is 12.8 Å². The van der Waals surface area contributed by atoms with Gasteiger partial charge in [0.05, 0.1) is 12.9 Å². The molecule has 1 aromatic rings. The van der Waals surface area contributed by atoms with E-state index in [0.29, 0.717) is 23.2 Å². The van der Waals surface area contributed by atoms with E-state index in [0.717, 1.165) is 18.4 Å². The van der Waals surface area contributed by atoms with E-state index in [-0.39, 0.29) is 5.91 Å². The van der Waals surface area contributed by atoms with Crippen LogP contribution in [0.4, 0.5) is 0 Å². The highest BCUT2D eigenvalue weighted by Gasteiger charge is 2.19. The van der Waals surface area contributed by atoms with Crippen LogP contribution in [0, 0.1) is 0 Å². The second-order valence-corrected chi connectivity index (χ2v) is 5.38. The van der Waals surface area contributed by atoms with Crippen LogP contribution >= 0.6 is 11.6 Å². The number of hydrogen-bond acceptors (Lipinski definition) is 2. The predicted octanol–water partition coefficient (Wildman–Crippen LogP) is 4.02. The molecule has 3 nitrogen and oxygen atoms in total. The van der Waals surface area contributed by atoms with Gasteiger partial charge < -0.3 is 10.1 Å². The molecule has 0 aromatic heterocycles. The zero-order chi connectivity index (χ0) is 14.4. The lowest BCUT2D eigenvalue weighted by Crippen LogP contribution is -2.33. The molecule has 0 heterocycles. The van der Waals surface area contributed by atoms with Crippen molar-refractivity contribution < 1.29 is 9.53 Å². The first-order chi connectivity index (χ1) is 9.70. The van der Waals surface area contributed by atoms with Gasteiger partial charge in [0.1, 0.15) is 0 Å². The van der Waals surface area contributed by atoms with Crippen LogP contribution < -0.4 is 5.32 Å². The summed E-state index contributed by atoms with van der Waals surface area (Å²) in [6.45, 7) is 2.52. The third kappa shape index (κ3) is 4.01. The fourth-order valence-electron chi connectivity index (χ4n) is 2.42. The molecular formula is C16H20ClNO2. The Morgan fingerprint density at radius 3 is 2.90 bits per heavy atom. The van der Waals surface area contributed by atoms with Crippen molar-refractivity contribution in [3.05, 3.63) is 40.6 Å². The average molecular weight is 294 g/mol. The third-order valence-corrected chi connectivity index (χ3v) is 3.70. The minimum atomic E-state index is -0.0597. The predicted molar refractivity (Wildman–Crippen MR) is 81.8 cm³/mol. The highest BCUT2D eigenvalue weighted by Crippen LogP contribution is 2.21. The number of nitrogens with one attached hydrogen (secondary N) is 1. The molecule has 1 aliphatic carbocycles. The molecule has 1 amide bonds. The number of carbonyl (C=O) groups is 1. The lowest BCUT2D eigenvalue weighted by molar-refractivity contribution is 0.0937. The van der Waals surface area contributed by atoms with Crippen LogP contribution in [0.1, 0.15) is 48.5 Å². The Hall–Kier alpha value is -1.48. The van der Waals surface area contributed by atoms with Crippen LogP contribution in [-0.4, -0.2) is 18.6 Å². The number of halogens is 1. The Morgan fingerprint density at radius 1 is 1.45 bits per heavy atom. The summed E-state index contributed by atoms with van der Waals surface area (Å²) in [6.07, 6.45) is 7.92. The minimum Gasteiger partial charge on any atom is -0.501 e. The summed E-state index contributed by atoms with van der Waals surface area (Å²) in [5.74, 6) is -0.0597. The first-order valence-corrected chi connectivity index (χ1v) is 7.47. The van der Waals surface area contributed by atoms with Crippen LogP contribution in [0.25, 0.3) is 6.08 Å². The highest BCUT2D eigenvalue weighted by molar-refractivity contribution is 6.31. The van der Waals surface area contributed by atoms with Crippen LogP contribution in [0.3, 0.4) is 0 Å². The van der Waals surface area contributed by atoms with Crippen molar-refractivity contribution in [3.63, 3.8) is 0 Å². The van der Waals surface area contributed by atoms with Crippen LogP contribution in [-0.2, 0) is 4.74 Å². The van der Waals surface area contributed by atoms with Gasteiger partial charge in [0.25, 0.3) is 5.91 Å². The first kappa shape index (κ1) is 14.9. The van der Waals surface area contributed by atoms with Crippen molar-refractivity contribution in [1.82, 2.24) is 5.32 Å². The molecule has 20 heavy (non-hydrogen) atoms. The molecule has 1 fully saturated rings. The summed E-state index contributed by atoms with van der Waals surface area (Å²) in [5.41, 5.74) is 1.42. The van der Waals surface area contributed by atoms with Crippen molar-refractivity contribution in [2.24, 2.45) is 0 Å². The fourth-order valence-corrected chi connectivity index (χ4v) is 2.59. The zero-order valence-corrected chi connectivity index (χ0v) is 12.5. The number of ether oxygens (including phenoxy) is 1. The second-order valence-electron chi connectivity index (χ2n) is 4.94. The smallest absolute Gasteiger partial charge is 0.252 e. The van der Waals surface area contributed by atoms with Crippen molar-refractivity contribution in [1.29, 1.82) is 0 Å². The van der Waals surface area contributed by atoms with Gasteiger partial charge >= 0.3 is 0 Å². The summed E-state index contributed by atoms with van der Waals surface area (Å²) >= 11 is 6.00. The number of rotatable bonds is 5. The normalized spacial score (nSPS) is 15.7. The molecule has 1 aliphatic rings. The molecule has 4 heteroatoms. The molecule has 0 radical (unpaired) electrons. The van der Waals surface area contributed by atoms with Crippen LogP contribution in [0.2, 0.25) is 5.02 Å². The average Bonchev–Trinajstić information content (AvgIpc) is 2.93. The molecular weight excluding hydrogens is 274 g/mol. The summed E-state index contributed by atoms with van der Waals surface area (Å²) in [4.78, 5) is 12.4. The van der Waals surface area contributed by atoms with Gasteiger partial charge in [-0.25, -0.2) is 0 Å². The van der Waals surface area contributed by atoms with Gasteiger partial charge in [0.2, 0.25) is 0 Å². The molecule has 0 saturated heterocycles. The second kappa shape index (κ2) is 7.34. The van der Waals surface area contributed by atoms with E-state index in [2.05, 4.69) is 5.32 Å². The number of hydrogen-bond donors (Lipinski definition) is 1. The zero-order valence-electron chi connectivity index (χ0n) is 11.7. The standard InChI is InChI=1S/C16H20ClNO2/c1-2-20-10-9-12-7-8-13(17)11-15(12)16(19)18-14-5-3-4-6-14/h7-11,14H,2-6H2,1H3,(H,18,19)/b10-9+. The summed E-state index contributed by atoms with van der Waals surface area (Å²) in [7, 11) is 0. The Morgan fingerprint density at radius 2 is 2.20 bits per heavy atom. The molecule has 0 unspecified atom stereocenters. The molecule has 0 spiro atoms. The summed E-state index contributed by atoms with van der Waals surface area (Å²) < 4.78 is 5.19. The van der Waals surface area contributed by atoms with Gasteiger partial charge in [-0.15, -0.1) is 0 Å². The number of benzene rings is 1. The maximum Gasteiger partial charge on any atom is 0.252 e. The number of amides is 1. The molecule has 1 aromatic carbocycles. The Bertz CT molecular complexity index is 493. The van der Waals surface area contributed by atoms with Crippen molar-refractivity contribution >= 4 is 23.6 Å². The Balaban J connectivity index is 2.14. The van der Waals surface area contributed by atoms with Crippen molar-refractivity contribution in [2.45, 2.75) is 38.6 Å². The highest BCUT2D eigenvalue weighted by atomic mass is 35.5. The summed E-state index contributed by atoms with van der Waals surface area (Å²) in [5, 5.41) is 3.65. The molecule has 1 N–H and O–H groups in total. The SMILES string of the molecule is CCO/C=C/c1ccc(Cl)cc1C(=O)NC1CCCC1. The largest absolute Gasteiger partial charge is 0.501 e. The maximum atomic E-state index is 12.4. The molecule has 108 valence electrons. The molecule has 2 rings (SSSR count). The Labute approximate surface area is 125 Å². The van der Waals surface area contributed by atoms with E-state index in [1.807, 2.05) is 13.0 Å². The topological polar surface area (TPSA) is 38.3 Å². The van der Waals surface area contributed by atoms with Gasteiger partial charge in [0, 0.05) is 16.6 Å². The monoisotopic (exact) mass is 293 g/mol. The van der Waals surface area contributed by atoms with Crippen LogP contribution in [0.5, 0.6) is 0 Å². The van der Waals surface area contributed by atoms with E-state index >= 15 is 0 Å². The van der Waals surface area contributed by atoms with Crippen molar-refractivity contribution in [2.75, 3.05) is 6.61 Å². The molecule has 1 saturated carbocycles.